The van der Waals surface area contributed by atoms with E-state index in [1.807, 2.05) is 6.07 Å². The maximum Gasteiger partial charge on any atom is 0.186 e. The van der Waals surface area contributed by atoms with Gasteiger partial charge in [0.25, 0.3) is 0 Å². The summed E-state index contributed by atoms with van der Waals surface area (Å²) in [5, 5.41) is 10.1. The van der Waals surface area contributed by atoms with Gasteiger partial charge in [-0.15, -0.1) is 0 Å². The second-order valence-corrected chi connectivity index (χ2v) is 5.14. The van der Waals surface area contributed by atoms with Crippen LogP contribution < -0.4 is 4.74 Å². The van der Waals surface area contributed by atoms with Crippen LogP contribution in [0.5, 0.6) is 5.75 Å². The molecule has 0 aromatic heterocycles. The smallest absolute Gasteiger partial charge is 0.186 e. The van der Waals surface area contributed by atoms with Gasteiger partial charge in [-0.05, 0) is 30.3 Å². The van der Waals surface area contributed by atoms with Gasteiger partial charge in [-0.3, -0.25) is 4.79 Å². The predicted octanol–water partition coefficient (Wildman–Crippen LogP) is 4.49. The molecule has 0 radical (unpaired) electrons. The van der Waals surface area contributed by atoms with Gasteiger partial charge < -0.3 is 4.74 Å². The zero-order chi connectivity index (χ0) is 15.4. The molecule has 1 unspecified atom stereocenters. The molecule has 0 fully saturated rings. The molecule has 3 nitrogen and oxygen atoms in total. The van der Waals surface area contributed by atoms with Crippen LogP contribution in [0.1, 0.15) is 21.8 Å². The van der Waals surface area contributed by atoms with E-state index >= 15 is 0 Å². The van der Waals surface area contributed by atoms with Crippen LogP contribution in [-0.4, -0.2) is 12.9 Å². The Labute approximate surface area is 132 Å². The van der Waals surface area contributed by atoms with Crippen LogP contribution in [0.3, 0.4) is 0 Å². The summed E-state index contributed by atoms with van der Waals surface area (Å²) < 4.78 is 5.20. The highest BCUT2D eigenvalue weighted by Crippen LogP contribution is 2.32. The summed E-state index contributed by atoms with van der Waals surface area (Å²) in [4.78, 5) is 12.6. The number of carbonyl (C=O) groups excluding carboxylic acids is 1. The lowest BCUT2D eigenvalue weighted by atomic mass is 9.91. The lowest BCUT2D eigenvalue weighted by Crippen LogP contribution is -2.13. The number of Topliss-reactive ketones (excluding diaryl/α,β-unsaturated/α-hetero) is 1. The van der Waals surface area contributed by atoms with E-state index in [4.69, 9.17) is 27.9 Å². The number of hydrogen-bond donors (Lipinski definition) is 0. The third-order valence-electron chi connectivity index (χ3n) is 3.03. The molecule has 106 valence electrons. The average Bonchev–Trinajstić information content (AvgIpc) is 2.48. The van der Waals surface area contributed by atoms with Crippen molar-refractivity contribution in [1.29, 1.82) is 5.26 Å². The second kappa shape index (κ2) is 6.62. The Morgan fingerprint density at radius 3 is 2.57 bits per heavy atom. The van der Waals surface area contributed by atoms with E-state index in [-0.39, 0.29) is 5.78 Å². The predicted molar refractivity (Wildman–Crippen MR) is 82.1 cm³/mol. The van der Waals surface area contributed by atoms with Crippen molar-refractivity contribution in [3.63, 3.8) is 0 Å². The molecule has 2 aromatic carbocycles. The molecular formula is C16H11Cl2NO2. The number of methoxy groups -OCH3 is 1. The third-order valence-corrected chi connectivity index (χ3v) is 3.60. The number of benzene rings is 2. The Morgan fingerprint density at radius 1 is 1.24 bits per heavy atom. The van der Waals surface area contributed by atoms with Gasteiger partial charge in [0, 0.05) is 16.1 Å². The standard InChI is InChI=1S/C16H11Cl2NO2/c1-21-15-7-6-10(17)8-12(15)13(9-19)16(20)11-4-2-3-5-14(11)18/h2-8,13H,1H3. The Morgan fingerprint density at radius 2 is 1.95 bits per heavy atom. The lowest BCUT2D eigenvalue weighted by Gasteiger charge is -2.14. The molecule has 2 aromatic rings. The fourth-order valence-electron chi connectivity index (χ4n) is 2.02. The van der Waals surface area contributed by atoms with Crippen molar-refractivity contribution in [2.45, 2.75) is 5.92 Å². The number of carbonyl (C=O) groups is 1. The molecule has 0 aliphatic heterocycles. The first kappa shape index (κ1) is 15.4. The first-order chi connectivity index (χ1) is 10.1. The largest absolute Gasteiger partial charge is 0.496 e. The molecule has 0 saturated carbocycles. The molecule has 0 N–H and O–H groups in total. The van der Waals surface area contributed by atoms with Crippen LogP contribution in [0.4, 0.5) is 0 Å². The highest BCUT2D eigenvalue weighted by Gasteiger charge is 2.26. The highest BCUT2D eigenvalue weighted by atomic mass is 35.5. The molecule has 5 heteroatoms. The average molecular weight is 320 g/mol. The third kappa shape index (κ3) is 3.18. The number of nitriles is 1. The Balaban J connectivity index is 2.51. The molecule has 0 saturated heterocycles. The SMILES string of the molecule is COc1ccc(Cl)cc1C(C#N)C(=O)c1ccccc1Cl. The van der Waals surface area contributed by atoms with Crippen molar-refractivity contribution in [2.24, 2.45) is 0 Å². The summed E-state index contributed by atoms with van der Waals surface area (Å²) in [5.74, 6) is -0.978. The maximum atomic E-state index is 12.6. The Bertz CT molecular complexity index is 722. The first-order valence-electron chi connectivity index (χ1n) is 6.10. The summed E-state index contributed by atoms with van der Waals surface area (Å²) in [6, 6.07) is 13.4. The number of rotatable bonds is 4. The fourth-order valence-corrected chi connectivity index (χ4v) is 2.43. The van der Waals surface area contributed by atoms with Crippen molar-refractivity contribution >= 4 is 29.0 Å². The van der Waals surface area contributed by atoms with Gasteiger partial charge >= 0.3 is 0 Å². The van der Waals surface area contributed by atoms with Gasteiger partial charge in [0.1, 0.15) is 11.7 Å². The number of halogens is 2. The molecule has 0 spiro atoms. The molecule has 0 aliphatic carbocycles. The second-order valence-electron chi connectivity index (χ2n) is 4.29. The van der Waals surface area contributed by atoms with E-state index < -0.39 is 5.92 Å². The fraction of sp³-hybridized carbons (Fsp3) is 0.125. The van der Waals surface area contributed by atoms with E-state index in [1.165, 1.54) is 7.11 Å². The molecule has 0 aliphatic rings. The Kier molecular flexibility index (Phi) is 4.85. The normalized spacial score (nSPS) is 11.5. The quantitative estimate of drug-likeness (QED) is 0.780. The summed E-state index contributed by atoms with van der Waals surface area (Å²) in [7, 11) is 1.47. The zero-order valence-electron chi connectivity index (χ0n) is 11.1. The molecule has 2 rings (SSSR count). The summed E-state index contributed by atoms with van der Waals surface area (Å²) >= 11 is 12.0. The van der Waals surface area contributed by atoms with Crippen LogP contribution in [0.2, 0.25) is 10.0 Å². The molecule has 0 bridgehead atoms. The lowest BCUT2D eigenvalue weighted by molar-refractivity contribution is 0.0978. The topological polar surface area (TPSA) is 50.1 Å². The zero-order valence-corrected chi connectivity index (χ0v) is 12.7. The minimum Gasteiger partial charge on any atom is -0.496 e. The van der Waals surface area contributed by atoms with Crippen molar-refractivity contribution in [3.8, 4) is 11.8 Å². The van der Waals surface area contributed by atoms with Gasteiger partial charge in [0.2, 0.25) is 0 Å². The maximum absolute atomic E-state index is 12.6. The number of ether oxygens (including phenoxy) is 1. The van der Waals surface area contributed by atoms with E-state index in [9.17, 15) is 10.1 Å². The number of nitrogens with zero attached hydrogens (tertiary/aromatic N) is 1. The molecular weight excluding hydrogens is 309 g/mol. The number of ketones is 1. The molecule has 0 heterocycles. The molecule has 21 heavy (non-hydrogen) atoms. The summed E-state index contributed by atoms with van der Waals surface area (Å²) in [5.41, 5.74) is 0.727. The van der Waals surface area contributed by atoms with Crippen molar-refractivity contribution in [3.05, 3.63) is 63.6 Å². The van der Waals surface area contributed by atoms with Crippen molar-refractivity contribution in [2.75, 3.05) is 7.11 Å². The van der Waals surface area contributed by atoms with Gasteiger partial charge in [-0.25, -0.2) is 0 Å². The molecule has 1 atom stereocenters. The van der Waals surface area contributed by atoms with Crippen LogP contribution in [0, 0.1) is 11.3 Å². The minimum atomic E-state index is -1.03. The van der Waals surface area contributed by atoms with E-state index in [2.05, 4.69) is 0 Å². The number of hydrogen-bond acceptors (Lipinski definition) is 3. The summed E-state index contributed by atoms with van der Waals surface area (Å²) in [6.45, 7) is 0. The van der Waals surface area contributed by atoms with Crippen LogP contribution >= 0.6 is 23.2 Å². The van der Waals surface area contributed by atoms with Gasteiger partial charge in [-0.1, -0.05) is 35.3 Å². The van der Waals surface area contributed by atoms with E-state index in [0.717, 1.165) is 0 Å². The van der Waals surface area contributed by atoms with Crippen molar-refractivity contribution < 1.29 is 9.53 Å². The van der Waals surface area contributed by atoms with Gasteiger partial charge in [0.05, 0.1) is 18.2 Å². The highest BCUT2D eigenvalue weighted by molar-refractivity contribution is 6.34. The molecule has 0 amide bonds. The van der Waals surface area contributed by atoms with Gasteiger partial charge in [-0.2, -0.15) is 5.26 Å². The van der Waals surface area contributed by atoms with Gasteiger partial charge in [0.15, 0.2) is 5.78 Å². The van der Waals surface area contributed by atoms with Crippen LogP contribution in [0.15, 0.2) is 42.5 Å². The van der Waals surface area contributed by atoms with Crippen LogP contribution in [0.25, 0.3) is 0 Å². The van der Waals surface area contributed by atoms with E-state index in [0.29, 0.717) is 26.9 Å². The first-order valence-corrected chi connectivity index (χ1v) is 6.86. The minimum absolute atomic E-state index is 0.299. The van der Waals surface area contributed by atoms with Crippen molar-refractivity contribution in [1.82, 2.24) is 0 Å². The van der Waals surface area contributed by atoms with E-state index in [1.54, 1.807) is 42.5 Å². The summed E-state index contributed by atoms with van der Waals surface area (Å²) in [6.07, 6.45) is 0. The monoisotopic (exact) mass is 319 g/mol. The Hall–Kier alpha value is -2.02. The van der Waals surface area contributed by atoms with Crippen LogP contribution in [-0.2, 0) is 0 Å².